The number of nitrogens with zero attached hydrogens (tertiary/aromatic N) is 3. The molecular weight excluding hydrogens is 506 g/mol. The zero-order chi connectivity index (χ0) is 29.9. The lowest BCUT2D eigenvalue weighted by atomic mass is 9.94. The van der Waals surface area contributed by atoms with Gasteiger partial charge in [-0.25, -0.2) is 9.97 Å². The van der Waals surface area contributed by atoms with Crippen molar-refractivity contribution in [3.05, 3.63) is 107 Å². The standard InChI is InChI=1S/C20H28N2O.C15H19N3/c1-13(2)20(22-19-11-15(5)9-10-21-19)17-7-8-18(16(6)12-17)23-14(3)4;1-11(2)15(13-7-9-16-10-8-13)18-14-6-4-5-12(3)17-14/h7-14,20H,1-6H3,(H,21,22);4-11,15H,1-3H3,(H,17,18). The van der Waals surface area contributed by atoms with Gasteiger partial charge in [-0.15, -0.1) is 0 Å². The number of aryl methyl sites for hydroxylation is 3. The number of anilines is 2. The Kier molecular flexibility index (Phi) is 11.7. The fraction of sp³-hybridized carbons (Fsp3) is 0.400. The van der Waals surface area contributed by atoms with E-state index in [1.165, 1.54) is 22.3 Å². The quantitative estimate of drug-likeness (QED) is 0.204. The van der Waals surface area contributed by atoms with E-state index in [0.29, 0.717) is 11.8 Å². The molecule has 0 amide bonds. The predicted molar refractivity (Wildman–Crippen MR) is 172 cm³/mol. The van der Waals surface area contributed by atoms with E-state index in [9.17, 15) is 0 Å². The van der Waals surface area contributed by atoms with Crippen molar-refractivity contribution in [2.75, 3.05) is 10.6 Å². The first-order valence-corrected chi connectivity index (χ1v) is 14.6. The first-order valence-electron chi connectivity index (χ1n) is 14.6. The Hall–Kier alpha value is -3.93. The van der Waals surface area contributed by atoms with Crippen molar-refractivity contribution < 1.29 is 4.74 Å². The van der Waals surface area contributed by atoms with E-state index in [-0.39, 0.29) is 18.2 Å². The van der Waals surface area contributed by atoms with Crippen LogP contribution in [0.5, 0.6) is 5.75 Å². The Morgan fingerprint density at radius 2 is 1.32 bits per heavy atom. The summed E-state index contributed by atoms with van der Waals surface area (Å²) in [7, 11) is 0. The van der Waals surface area contributed by atoms with E-state index in [0.717, 1.165) is 23.1 Å². The second-order valence-electron chi connectivity index (χ2n) is 11.6. The van der Waals surface area contributed by atoms with Gasteiger partial charge >= 0.3 is 0 Å². The van der Waals surface area contributed by atoms with Crippen LogP contribution >= 0.6 is 0 Å². The van der Waals surface area contributed by atoms with Gasteiger partial charge in [0.2, 0.25) is 0 Å². The average Bonchev–Trinajstić information content (AvgIpc) is 2.92. The highest BCUT2D eigenvalue weighted by Crippen LogP contribution is 2.30. The van der Waals surface area contributed by atoms with Crippen LogP contribution in [-0.2, 0) is 0 Å². The molecule has 1 aromatic carbocycles. The van der Waals surface area contributed by atoms with Gasteiger partial charge in [0.15, 0.2) is 0 Å². The van der Waals surface area contributed by atoms with E-state index in [4.69, 9.17) is 4.74 Å². The maximum absolute atomic E-state index is 5.84. The number of hydrogen-bond donors (Lipinski definition) is 2. The largest absolute Gasteiger partial charge is 0.491 e. The van der Waals surface area contributed by atoms with Gasteiger partial charge in [0.05, 0.1) is 18.2 Å². The number of ether oxygens (including phenoxy) is 1. The molecule has 0 saturated heterocycles. The zero-order valence-electron chi connectivity index (χ0n) is 26.1. The molecule has 2 unspecified atom stereocenters. The van der Waals surface area contributed by atoms with Crippen LogP contribution in [-0.4, -0.2) is 21.1 Å². The molecule has 0 aliphatic rings. The van der Waals surface area contributed by atoms with Crippen LogP contribution < -0.4 is 15.4 Å². The number of nitrogens with one attached hydrogen (secondary N) is 2. The van der Waals surface area contributed by atoms with Gasteiger partial charge in [0, 0.05) is 24.3 Å². The Morgan fingerprint density at radius 1 is 0.659 bits per heavy atom. The highest BCUT2D eigenvalue weighted by molar-refractivity contribution is 5.44. The second-order valence-corrected chi connectivity index (χ2v) is 11.6. The van der Waals surface area contributed by atoms with Gasteiger partial charge in [0.1, 0.15) is 17.4 Å². The van der Waals surface area contributed by atoms with Gasteiger partial charge in [-0.3, -0.25) is 4.98 Å². The molecule has 4 aromatic rings. The number of pyridine rings is 3. The summed E-state index contributed by atoms with van der Waals surface area (Å²) in [6.07, 6.45) is 5.70. The second kappa shape index (κ2) is 15.2. The summed E-state index contributed by atoms with van der Waals surface area (Å²) in [6.45, 7) is 19.1. The molecule has 2 atom stereocenters. The average molecular weight is 554 g/mol. The Morgan fingerprint density at radius 3 is 1.90 bits per heavy atom. The van der Waals surface area contributed by atoms with Gasteiger partial charge in [-0.05, 0) is 111 Å². The normalized spacial score (nSPS) is 12.5. The lowest BCUT2D eigenvalue weighted by molar-refractivity contribution is 0.240. The summed E-state index contributed by atoms with van der Waals surface area (Å²) in [5, 5.41) is 7.07. The number of aromatic nitrogens is 3. The molecule has 0 radical (unpaired) electrons. The van der Waals surface area contributed by atoms with E-state index in [1.807, 2.05) is 61.9 Å². The molecule has 41 heavy (non-hydrogen) atoms. The fourth-order valence-electron chi connectivity index (χ4n) is 4.65. The highest BCUT2D eigenvalue weighted by Gasteiger charge is 2.18. The fourth-order valence-corrected chi connectivity index (χ4v) is 4.65. The molecule has 2 N–H and O–H groups in total. The molecule has 6 nitrogen and oxygen atoms in total. The highest BCUT2D eigenvalue weighted by atomic mass is 16.5. The lowest BCUT2D eigenvalue weighted by Crippen LogP contribution is -2.18. The molecule has 3 heterocycles. The van der Waals surface area contributed by atoms with Crippen LogP contribution in [0.2, 0.25) is 0 Å². The van der Waals surface area contributed by atoms with E-state index in [2.05, 4.69) is 105 Å². The molecule has 6 heteroatoms. The third-order valence-corrected chi connectivity index (χ3v) is 6.73. The van der Waals surface area contributed by atoms with Gasteiger partial charge in [-0.2, -0.15) is 0 Å². The van der Waals surface area contributed by atoms with Crippen molar-refractivity contribution in [2.45, 2.75) is 80.5 Å². The van der Waals surface area contributed by atoms with Crippen LogP contribution in [0.25, 0.3) is 0 Å². The Bertz CT molecular complexity index is 1350. The smallest absolute Gasteiger partial charge is 0.126 e. The third-order valence-electron chi connectivity index (χ3n) is 6.73. The van der Waals surface area contributed by atoms with Crippen molar-refractivity contribution >= 4 is 11.6 Å². The maximum Gasteiger partial charge on any atom is 0.126 e. The molecular formula is C35H47N5O. The molecule has 0 spiro atoms. The van der Waals surface area contributed by atoms with Crippen LogP contribution in [0, 0.1) is 32.6 Å². The van der Waals surface area contributed by atoms with E-state index >= 15 is 0 Å². The van der Waals surface area contributed by atoms with Gasteiger partial charge in [0.25, 0.3) is 0 Å². The molecule has 0 aliphatic heterocycles. The van der Waals surface area contributed by atoms with Gasteiger partial charge < -0.3 is 15.4 Å². The topological polar surface area (TPSA) is 72.0 Å². The van der Waals surface area contributed by atoms with Crippen LogP contribution in [0.1, 0.15) is 81.6 Å². The summed E-state index contributed by atoms with van der Waals surface area (Å²) in [6, 6.07) is 21.1. The monoisotopic (exact) mass is 553 g/mol. The number of hydrogen-bond acceptors (Lipinski definition) is 6. The molecule has 4 rings (SSSR count). The number of benzene rings is 1. The Labute approximate surface area is 247 Å². The molecule has 0 fully saturated rings. The van der Waals surface area contributed by atoms with Crippen LogP contribution in [0.3, 0.4) is 0 Å². The first kappa shape index (κ1) is 31.6. The summed E-state index contributed by atoms with van der Waals surface area (Å²) in [5.74, 6) is 3.73. The summed E-state index contributed by atoms with van der Waals surface area (Å²) in [4.78, 5) is 13.0. The van der Waals surface area contributed by atoms with Crippen molar-refractivity contribution in [1.29, 1.82) is 0 Å². The molecule has 218 valence electrons. The lowest BCUT2D eigenvalue weighted by Gasteiger charge is -2.25. The summed E-state index contributed by atoms with van der Waals surface area (Å²) >= 11 is 0. The van der Waals surface area contributed by atoms with E-state index < -0.39 is 0 Å². The third kappa shape index (κ3) is 9.89. The minimum absolute atomic E-state index is 0.190. The predicted octanol–water partition coefficient (Wildman–Crippen LogP) is 8.89. The molecule has 0 saturated carbocycles. The summed E-state index contributed by atoms with van der Waals surface area (Å²) in [5.41, 5.74) is 5.90. The minimum Gasteiger partial charge on any atom is -0.491 e. The van der Waals surface area contributed by atoms with Crippen molar-refractivity contribution in [3.63, 3.8) is 0 Å². The van der Waals surface area contributed by atoms with Crippen LogP contribution in [0.4, 0.5) is 11.6 Å². The van der Waals surface area contributed by atoms with Crippen molar-refractivity contribution in [2.24, 2.45) is 11.8 Å². The molecule has 0 aliphatic carbocycles. The van der Waals surface area contributed by atoms with Crippen molar-refractivity contribution in [3.8, 4) is 5.75 Å². The Balaban J connectivity index is 0.000000232. The van der Waals surface area contributed by atoms with Crippen LogP contribution in [0.15, 0.2) is 79.3 Å². The van der Waals surface area contributed by atoms with Gasteiger partial charge in [-0.1, -0.05) is 45.9 Å². The first-order chi connectivity index (χ1) is 19.5. The zero-order valence-corrected chi connectivity index (χ0v) is 26.1. The SMILES string of the molecule is Cc1cccc(NC(c2ccncc2)C(C)C)n1.Cc1ccnc(NC(c2ccc(OC(C)C)c(C)c2)C(C)C)c1. The summed E-state index contributed by atoms with van der Waals surface area (Å²) < 4.78 is 5.84. The minimum atomic E-state index is 0.190. The number of rotatable bonds is 10. The maximum atomic E-state index is 5.84. The molecule has 0 bridgehead atoms. The van der Waals surface area contributed by atoms with Crippen molar-refractivity contribution in [1.82, 2.24) is 15.0 Å². The molecule has 3 aromatic heterocycles. The van der Waals surface area contributed by atoms with E-state index in [1.54, 1.807) is 0 Å².